The minimum Gasteiger partial charge on any atom is -0.454 e. The number of piperidine rings is 1. The third-order valence-electron chi connectivity index (χ3n) is 4.48. The minimum absolute atomic E-state index is 0.137. The van der Waals surface area contributed by atoms with E-state index in [1.807, 2.05) is 23.1 Å². The number of hydrogen-bond acceptors (Lipinski definition) is 4. The van der Waals surface area contributed by atoms with Crippen LogP contribution in [0.4, 0.5) is 0 Å². The van der Waals surface area contributed by atoms with Crippen molar-refractivity contribution in [2.45, 2.75) is 25.7 Å². The number of hydrogen-bond donors (Lipinski definition) is 2. The Morgan fingerprint density at radius 3 is 2.76 bits per heavy atom. The van der Waals surface area contributed by atoms with Gasteiger partial charge in [0.15, 0.2) is 17.5 Å². The Hall–Kier alpha value is -2.44. The Balaban J connectivity index is 1.39. The largest absolute Gasteiger partial charge is 0.454 e. The van der Waals surface area contributed by atoms with Crippen molar-refractivity contribution >= 4 is 11.9 Å². The van der Waals surface area contributed by atoms with Crippen molar-refractivity contribution in [2.24, 2.45) is 4.99 Å². The maximum absolute atomic E-state index is 12.2. The van der Waals surface area contributed by atoms with Crippen molar-refractivity contribution in [3.8, 4) is 11.5 Å². The second kappa shape index (κ2) is 8.60. The van der Waals surface area contributed by atoms with E-state index in [4.69, 9.17) is 9.47 Å². The van der Waals surface area contributed by atoms with E-state index in [2.05, 4.69) is 15.6 Å². The quantitative estimate of drug-likeness (QED) is 0.618. The molecule has 7 heteroatoms. The maximum Gasteiger partial charge on any atom is 0.241 e. The number of likely N-dealkylation sites (tertiary alicyclic amines) is 1. The average Bonchev–Trinajstić information content (AvgIpc) is 3.12. The van der Waals surface area contributed by atoms with Gasteiger partial charge < -0.3 is 25.0 Å². The molecule has 0 bridgehead atoms. The van der Waals surface area contributed by atoms with Gasteiger partial charge in [-0.3, -0.25) is 9.79 Å². The van der Waals surface area contributed by atoms with Gasteiger partial charge in [0.05, 0.1) is 6.54 Å². The fourth-order valence-corrected chi connectivity index (χ4v) is 3.06. The lowest BCUT2D eigenvalue weighted by Gasteiger charge is -2.27. The molecule has 136 valence electrons. The summed E-state index contributed by atoms with van der Waals surface area (Å²) in [6.07, 6.45) is 4.26. The van der Waals surface area contributed by atoms with Crippen molar-refractivity contribution in [1.29, 1.82) is 0 Å². The lowest BCUT2D eigenvalue weighted by atomic mass is 10.1. The summed E-state index contributed by atoms with van der Waals surface area (Å²) in [5, 5.41) is 6.34. The smallest absolute Gasteiger partial charge is 0.241 e. The van der Waals surface area contributed by atoms with Gasteiger partial charge in [0.2, 0.25) is 12.7 Å². The van der Waals surface area contributed by atoms with Gasteiger partial charge in [0.25, 0.3) is 0 Å². The molecule has 0 unspecified atom stereocenters. The molecular weight excluding hydrogens is 320 g/mol. The van der Waals surface area contributed by atoms with Gasteiger partial charge in [-0.2, -0.15) is 0 Å². The van der Waals surface area contributed by atoms with E-state index in [1.54, 1.807) is 7.05 Å². The summed E-state index contributed by atoms with van der Waals surface area (Å²) in [4.78, 5) is 18.3. The first-order valence-electron chi connectivity index (χ1n) is 8.87. The van der Waals surface area contributed by atoms with Crippen molar-refractivity contribution in [3.05, 3.63) is 23.8 Å². The monoisotopic (exact) mass is 346 g/mol. The van der Waals surface area contributed by atoms with Crippen molar-refractivity contribution < 1.29 is 14.3 Å². The number of benzene rings is 1. The zero-order valence-electron chi connectivity index (χ0n) is 14.7. The summed E-state index contributed by atoms with van der Waals surface area (Å²) in [7, 11) is 1.71. The van der Waals surface area contributed by atoms with Crippen LogP contribution in [0.2, 0.25) is 0 Å². The van der Waals surface area contributed by atoms with Gasteiger partial charge in [-0.05, 0) is 43.4 Å². The van der Waals surface area contributed by atoms with Crippen LogP contribution in [0.1, 0.15) is 24.8 Å². The maximum atomic E-state index is 12.2. The zero-order valence-corrected chi connectivity index (χ0v) is 14.7. The van der Waals surface area contributed by atoms with Crippen molar-refractivity contribution in [3.63, 3.8) is 0 Å². The molecule has 2 heterocycles. The highest BCUT2D eigenvalue weighted by molar-refractivity contribution is 5.86. The topological polar surface area (TPSA) is 75.2 Å². The highest BCUT2D eigenvalue weighted by Gasteiger charge is 2.16. The van der Waals surface area contributed by atoms with E-state index in [0.29, 0.717) is 12.8 Å². The predicted molar refractivity (Wildman–Crippen MR) is 96.1 cm³/mol. The van der Waals surface area contributed by atoms with Gasteiger partial charge in [-0.1, -0.05) is 6.07 Å². The first-order valence-corrected chi connectivity index (χ1v) is 8.87. The molecule has 7 nitrogen and oxygen atoms in total. The van der Waals surface area contributed by atoms with Crippen molar-refractivity contribution in [2.75, 3.05) is 40.0 Å². The Morgan fingerprint density at radius 1 is 1.16 bits per heavy atom. The fourth-order valence-electron chi connectivity index (χ4n) is 3.06. The number of nitrogens with one attached hydrogen (secondary N) is 2. The summed E-state index contributed by atoms with van der Waals surface area (Å²) < 4.78 is 10.7. The number of ether oxygens (including phenoxy) is 2. The number of guanidine groups is 1. The minimum atomic E-state index is 0.137. The third kappa shape index (κ3) is 4.78. The molecule has 1 amide bonds. The van der Waals surface area contributed by atoms with Crippen LogP contribution in [0.25, 0.3) is 0 Å². The van der Waals surface area contributed by atoms with Crippen LogP contribution < -0.4 is 20.1 Å². The molecule has 3 rings (SSSR count). The lowest BCUT2D eigenvalue weighted by Crippen LogP contribution is -2.46. The van der Waals surface area contributed by atoms with E-state index < -0.39 is 0 Å². The molecule has 1 aromatic carbocycles. The molecule has 25 heavy (non-hydrogen) atoms. The van der Waals surface area contributed by atoms with Crippen LogP contribution in [0, 0.1) is 0 Å². The molecule has 2 aliphatic rings. The van der Waals surface area contributed by atoms with Crippen LogP contribution in [0.5, 0.6) is 11.5 Å². The molecule has 2 N–H and O–H groups in total. The number of nitrogens with zero attached hydrogens (tertiary/aromatic N) is 2. The van der Waals surface area contributed by atoms with Crippen LogP contribution in [-0.2, 0) is 11.2 Å². The Bertz CT molecular complexity index is 627. The molecule has 0 saturated carbocycles. The number of carbonyl (C=O) groups excluding carboxylic acids is 1. The van der Waals surface area contributed by atoms with Crippen LogP contribution in [-0.4, -0.2) is 56.8 Å². The predicted octanol–water partition coefficient (Wildman–Crippen LogP) is 1.14. The van der Waals surface area contributed by atoms with E-state index >= 15 is 0 Å². The highest BCUT2D eigenvalue weighted by atomic mass is 16.7. The van der Waals surface area contributed by atoms with E-state index in [1.165, 1.54) is 6.42 Å². The number of aliphatic imine (C=N–C) groups is 1. The van der Waals surface area contributed by atoms with Gasteiger partial charge in [-0.15, -0.1) is 0 Å². The summed E-state index contributed by atoms with van der Waals surface area (Å²) >= 11 is 0. The molecule has 0 spiro atoms. The van der Waals surface area contributed by atoms with E-state index in [-0.39, 0.29) is 12.5 Å². The summed E-state index contributed by atoms with van der Waals surface area (Å²) in [6, 6.07) is 5.97. The molecular formula is C18H26N4O3. The normalized spacial score (nSPS) is 16.7. The van der Waals surface area contributed by atoms with E-state index in [0.717, 1.165) is 56.0 Å². The highest BCUT2D eigenvalue weighted by Crippen LogP contribution is 2.32. The molecule has 1 aromatic rings. The molecule has 2 aliphatic heterocycles. The van der Waals surface area contributed by atoms with Gasteiger partial charge in [-0.25, -0.2) is 0 Å². The first kappa shape index (κ1) is 17.4. The average molecular weight is 346 g/mol. The van der Waals surface area contributed by atoms with Crippen molar-refractivity contribution in [1.82, 2.24) is 15.5 Å². The third-order valence-corrected chi connectivity index (χ3v) is 4.48. The number of carbonyl (C=O) groups is 1. The van der Waals surface area contributed by atoms with Gasteiger partial charge in [0.1, 0.15) is 0 Å². The molecule has 1 fully saturated rings. The summed E-state index contributed by atoms with van der Waals surface area (Å²) in [5.41, 5.74) is 1.16. The first-order chi connectivity index (χ1) is 12.3. The van der Waals surface area contributed by atoms with E-state index in [9.17, 15) is 4.79 Å². The lowest BCUT2D eigenvalue weighted by molar-refractivity contribution is -0.130. The SMILES string of the molecule is CN=C(NCCc1ccc2c(c1)OCO2)NCC(=O)N1CCCCC1. The Labute approximate surface area is 148 Å². The zero-order chi connectivity index (χ0) is 17.5. The van der Waals surface area contributed by atoms with Gasteiger partial charge >= 0.3 is 0 Å². The summed E-state index contributed by atoms with van der Waals surface area (Å²) in [5.74, 6) is 2.38. The number of rotatable bonds is 5. The second-order valence-corrected chi connectivity index (χ2v) is 6.23. The van der Waals surface area contributed by atoms with Crippen LogP contribution in [0.15, 0.2) is 23.2 Å². The Morgan fingerprint density at radius 2 is 1.96 bits per heavy atom. The number of fused-ring (bicyclic) bond motifs is 1. The summed E-state index contributed by atoms with van der Waals surface area (Å²) in [6.45, 7) is 3.03. The molecule has 0 aliphatic carbocycles. The fraction of sp³-hybridized carbons (Fsp3) is 0.556. The standard InChI is InChI=1S/C18H26N4O3/c1-19-18(21-12-17(23)22-9-3-2-4-10-22)20-8-7-14-5-6-15-16(11-14)25-13-24-15/h5-6,11H,2-4,7-10,12-13H2,1H3,(H2,19,20,21). The second-order valence-electron chi connectivity index (χ2n) is 6.23. The molecule has 0 atom stereocenters. The van der Waals surface area contributed by atoms with Crippen LogP contribution in [0.3, 0.4) is 0 Å². The molecule has 1 saturated heterocycles. The number of amides is 1. The van der Waals surface area contributed by atoms with Crippen LogP contribution >= 0.6 is 0 Å². The Kier molecular flexibility index (Phi) is 5.98. The van der Waals surface area contributed by atoms with Gasteiger partial charge in [0, 0.05) is 26.7 Å². The molecule has 0 aromatic heterocycles. The molecule has 0 radical (unpaired) electrons.